The number of halogens is 3. The van der Waals surface area contributed by atoms with Crippen LogP contribution in [0.3, 0.4) is 0 Å². The second kappa shape index (κ2) is 10.3. The van der Waals surface area contributed by atoms with E-state index in [4.69, 9.17) is 23.2 Å². The number of carbonyl (C=O) groups is 1. The molecule has 158 valence electrons. The smallest absolute Gasteiger partial charge is 0.252 e. The van der Waals surface area contributed by atoms with Crippen molar-refractivity contribution < 1.29 is 9.18 Å². The molecule has 1 heterocycles. The van der Waals surface area contributed by atoms with Crippen molar-refractivity contribution in [2.75, 3.05) is 20.6 Å². The van der Waals surface area contributed by atoms with Crippen LogP contribution in [-0.2, 0) is 0 Å². The van der Waals surface area contributed by atoms with Gasteiger partial charge in [-0.3, -0.25) is 4.79 Å². The number of carbonyl (C=O) groups excluding carboxylic acids is 1. The number of thiophene rings is 1. The van der Waals surface area contributed by atoms with Gasteiger partial charge in [-0.05, 0) is 68.8 Å². The number of benzene rings is 1. The Hall–Kier alpha value is -1.14. The van der Waals surface area contributed by atoms with E-state index in [1.165, 1.54) is 36.6 Å². The molecule has 1 atom stereocenters. The highest BCUT2D eigenvalue weighted by atomic mass is 35.5. The molecule has 1 saturated carbocycles. The summed E-state index contributed by atoms with van der Waals surface area (Å²) < 4.78 is 13.6. The van der Waals surface area contributed by atoms with Crippen molar-refractivity contribution in [1.29, 1.82) is 0 Å². The molecule has 29 heavy (non-hydrogen) atoms. The first-order valence-corrected chi connectivity index (χ1v) is 11.6. The average Bonchev–Trinajstić information content (AvgIpc) is 3.20. The van der Waals surface area contributed by atoms with E-state index >= 15 is 0 Å². The van der Waals surface area contributed by atoms with Gasteiger partial charge in [-0.25, -0.2) is 4.39 Å². The van der Waals surface area contributed by atoms with Crippen LogP contribution in [0, 0.1) is 17.7 Å². The maximum atomic E-state index is 13.6. The summed E-state index contributed by atoms with van der Waals surface area (Å²) in [5, 5.41) is 5.10. The number of nitrogens with zero attached hydrogens (tertiary/aromatic N) is 1. The SMILES string of the molecule is CN(C)C(c1cccs1)C1CCC(CCNC(=O)c2cc(F)c(Cl)cc2Cl)CC1. The molecule has 3 nitrogen and oxygen atoms in total. The van der Waals surface area contributed by atoms with Crippen LogP contribution in [0.1, 0.15) is 53.4 Å². The van der Waals surface area contributed by atoms with E-state index < -0.39 is 5.82 Å². The van der Waals surface area contributed by atoms with Crippen molar-refractivity contribution in [2.24, 2.45) is 11.8 Å². The van der Waals surface area contributed by atoms with Crippen molar-refractivity contribution in [3.05, 3.63) is 55.9 Å². The Morgan fingerprint density at radius 1 is 1.24 bits per heavy atom. The number of hydrogen-bond acceptors (Lipinski definition) is 3. The van der Waals surface area contributed by atoms with E-state index in [0.717, 1.165) is 12.5 Å². The summed E-state index contributed by atoms with van der Waals surface area (Å²) in [5.41, 5.74) is 0.127. The standard InChI is InChI=1S/C22H27Cl2FN2OS/c1-27(2)21(20-4-3-11-29-20)15-7-5-14(6-8-15)9-10-26-22(28)16-12-19(25)18(24)13-17(16)23/h3-4,11-15,21H,5-10H2,1-2H3,(H,26,28). The molecule has 1 N–H and O–H groups in total. The highest BCUT2D eigenvalue weighted by Gasteiger charge is 2.30. The zero-order chi connectivity index (χ0) is 21.0. The topological polar surface area (TPSA) is 32.3 Å². The molecular weight excluding hydrogens is 430 g/mol. The van der Waals surface area contributed by atoms with E-state index in [9.17, 15) is 9.18 Å². The molecule has 1 amide bonds. The van der Waals surface area contributed by atoms with Gasteiger partial charge >= 0.3 is 0 Å². The van der Waals surface area contributed by atoms with Crippen LogP contribution in [0.15, 0.2) is 29.6 Å². The van der Waals surface area contributed by atoms with E-state index in [-0.39, 0.29) is 21.5 Å². The van der Waals surface area contributed by atoms with E-state index in [1.54, 1.807) is 0 Å². The molecule has 2 aromatic rings. The van der Waals surface area contributed by atoms with Crippen LogP contribution in [0.25, 0.3) is 0 Å². The monoisotopic (exact) mass is 456 g/mol. The van der Waals surface area contributed by atoms with Gasteiger partial charge in [-0.15, -0.1) is 11.3 Å². The van der Waals surface area contributed by atoms with Gasteiger partial charge in [0.15, 0.2) is 0 Å². The fraction of sp³-hybridized carbons (Fsp3) is 0.500. The molecule has 1 aromatic carbocycles. The summed E-state index contributed by atoms with van der Waals surface area (Å²) in [4.78, 5) is 16.1. The maximum absolute atomic E-state index is 13.6. The molecule has 0 bridgehead atoms. The van der Waals surface area contributed by atoms with Crippen molar-refractivity contribution in [2.45, 2.75) is 38.1 Å². The van der Waals surface area contributed by atoms with Crippen molar-refractivity contribution >= 4 is 40.4 Å². The summed E-state index contributed by atoms with van der Waals surface area (Å²) >= 11 is 13.5. The molecule has 1 aromatic heterocycles. The van der Waals surface area contributed by atoms with Gasteiger partial charge in [-0.1, -0.05) is 42.1 Å². The highest BCUT2D eigenvalue weighted by molar-refractivity contribution is 7.10. The molecule has 1 aliphatic carbocycles. The first-order chi connectivity index (χ1) is 13.9. The molecule has 0 saturated heterocycles. The highest BCUT2D eigenvalue weighted by Crippen LogP contribution is 2.41. The predicted octanol–water partition coefficient (Wildman–Crippen LogP) is 6.42. The van der Waals surface area contributed by atoms with Crippen LogP contribution >= 0.6 is 34.5 Å². The quantitative estimate of drug-likeness (QED) is 0.487. The summed E-state index contributed by atoms with van der Waals surface area (Å²) in [6, 6.07) is 7.21. The fourth-order valence-electron chi connectivity index (χ4n) is 4.34. The second-order valence-corrected chi connectivity index (χ2v) is 9.79. The first-order valence-electron chi connectivity index (χ1n) is 9.99. The van der Waals surface area contributed by atoms with Crippen LogP contribution in [0.2, 0.25) is 10.0 Å². The Morgan fingerprint density at radius 3 is 2.59 bits per heavy atom. The van der Waals surface area contributed by atoms with Crippen molar-refractivity contribution in [1.82, 2.24) is 10.2 Å². The zero-order valence-corrected chi connectivity index (χ0v) is 19.1. The molecular formula is C22H27Cl2FN2OS. The zero-order valence-electron chi connectivity index (χ0n) is 16.8. The van der Waals surface area contributed by atoms with E-state index in [2.05, 4.69) is 41.8 Å². The molecule has 1 aliphatic rings. The average molecular weight is 457 g/mol. The van der Waals surface area contributed by atoms with Crippen LogP contribution in [-0.4, -0.2) is 31.4 Å². The third-order valence-corrected chi connectivity index (χ3v) is 7.37. The van der Waals surface area contributed by atoms with Gasteiger partial charge < -0.3 is 10.2 Å². The Balaban J connectivity index is 1.47. The molecule has 1 unspecified atom stereocenters. The van der Waals surface area contributed by atoms with Crippen molar-refractivity contribution in [3.8, 4) is 0 Å². The third-order valence-electron chi connectivity index (χ3n) is 5.82. The Morgan fingerprint density at radius 2 is 1.97 bits per heavy atom. The van der Waals surface area contributed by atoms with Gasteiger partial charge in [0.05, 0.1) is 15.6 Å². The summed E-state index contributed by atoms with van der Waals surface area (Å²) in [6.45, 7) is 0.566. The normalized spacial score (nSPS) is 20.6. The number of rotatable bonds is 7. The second-order valence-electron chi connectivity index (χ2n) is 8.00. The maximum Gasteiger partial charge on any atom is 0.252 e. The summed E-state index contributed by atoms with van der Waals surface area (Å²) in [7, 11) is 4.33. The Kier molecular flexibility index (Phi) is 7.97. The third kappa shape index (κ3) is 5.72. The van der Waals surface area contributed by atoms with Gasteiger partial charge in [0.2, 0.25) is 0 Å². The number of nitrogens with one attached hydrogen (secondary N) is 1. The van der Waals surface area contributed by atoms with Crippen LogP contribution < -0.4 is 5.32 Å². The van der Waals surface area contributed by atoms with E-state index in [1.807, 2.05) is 11.3 Å². The first kappa shape index (κ1) is 22.5. The fourth-order valence-corrected chi connectivity index (χ4v) is 5.83. The molecule has 1 fully saturated rings. The lowest BCUT2D eigenvalue weighted by atomic mass is 9.76. The Bertz CT molecular complexity index is 820. The minimum Gasteiger partial charge on any atom is -0.352 e. The molecule has 0 aliphatic heterocycles. The predicted molar refractivity (Wildman–Crippen MR) is 120 cm³/mol. The van der Waals surface area contributed by atoms with Gasteiger partial charge in [-0.2, -0.15) is 0 Å². The minimum atomic E-state index is -0.638. The van der Waals surface area contributed by atoms with Gasteiger partial charge in [0, 0.05) is 17.5 Å². The largest absolute Gasteiger partial charge is 0.352 e. The Labute approximate surface area is 186 Å². The van der Waals surface area contributed by atoms with Gasteiger partial charge in [0.1, 0.15) is 5.82 Å². The van der Waals surface area contributed by atoms with Crippen LogP contribution in [0.4, 0.5) is 4.39 Å². The lowest BCUT2D eigenvalue weighted by Crippen LogP contribution is -2.31. The molecule has 3 rings (SSSR count). The lowest BCUT2D eigenvalue weighted by molar-refractivity contribution is 0.0947. The lowest BCUT2D eigenvalue weighted by Gasteiger charge is -2.37. The van der Waals surface area contributed by atoms with Crippen molar-refractivity contribution in [3.63, 3.8) is 0 Å². The minimum absolute atomic E-state index is 0.0816. The summed E-state index contributed by atoms with van der Waals surface area (Å²) in [5.74, 6) is 0.283. The summed E-state index contributed by atoms with van der Waals surface area (Å²) in [6.07, 6.45) is 5.68. The number of hydrogen-bond donors (Lipinski definition) is 1. The van der Waals surface area contributed by atoms with Crippen LogP contribution in [0.5, 0.6) is 0 Å². The number of amides is 1. The van der Waals surface area contributed by atoms with Gasteiger partial charge in [0.25, 0.3) is 5.91 Å². The molecule has 0 radical (unpaired) electrons. The van der Waals surface area contributed by atoms with E-state index in [0.29, 0.717) is 24.4 Å². The molecule has 7 heteroatoms. The molecule has 0 spiro atoms.